The predicted octanol–water partition coefficient (Wildman–Crippen LogP) is 4.16. The molecule has 0 spiro atoms. The van der Waals surface area contributed by atoms with Gasteiger partial charge in [0.1, 0.15) is 5.84 Å². The molecular formula is C21H19F3N4OS. The van der Waals surface area contributed by atoms with Gasteiger partial charge in [-0.05, 0) is 61.3 Å². The fraction of sp³-hybridized carbons (Fsp3) is 0.381. The summed E-state index contributed by atoms with van der Waals surface area (Å²) in [7, 11) is 0. The van der Waals surface area contributed by atoms with Crippen molar-refractivity contribution in [2.24, 2.45) is 10.9 Å². The number of hydrogen-bond acceptors (Lipinski definition) is 5. The molecule has 2 aliphatic heterocycles. The summed E-state index contributed by atoms with van der Waals surface area (Å²) in [5.41, 5.74) is -0.591. The van der Waals surface area contributed by atoms with Gasteiger partial charge in [-0.15, -0.1) is 6.42 Å². The van der Waals surface area contributed by atoms with Gasteiger partial charge >= 0.3 is 11.4 Å². The van der Waals surface area contributed by atoms with Crippen LogP contribution in [-0.2, 0) is 12.7 Å². The Bertz CT molecular complexity index is 964. The van der Waals surface area contributed by atoms with Crippen molar-refractivity contribution in [3.63, 3.8) is 0 Å². The van der Waals surface area contributed by atoms with Gasteiger partial charge in [-0.25, -0.2) is 0 Å². The molecule has 9 heteroatoms. The summed E-state index contributed by atoms with van der Waals surface area (Å²) in [6.07, 6.45) is 4.25. The maximum atomic E-state index is 13.4. The SMILES string of the molecule is C#CCNC1=NC(=O)SC1=CC1CCN(Cc2ccc(C#N)cc2C(F)(F)F)CC1. The number of alkyl halides is 3. The number of halogens is 3. The minimum Gasteiger partial charge on any atom is -0.358 e. The Morgan fingerprint density at radius 3 is 2.73 bits per heavy atom. The summed E-state index contributed by atoms with van der Waals surface area (Å²) in [5, 5.41) is 11.5. The number of carbonyl (C=O) groups is 1. The molecule has 156 valence electrons. The largest absolute Gasteiger partial charge is 0.416 e. The molecule has 0 saturated carbocycles. The fourth-order valence-electron chi connectivity index (χ4n) is 3.47. The summed E-state index contributed by atoms with van der Waals surface area (Å²) in [5.74, 6) is 3.13. The zero-order valence-electron chi connectivity index (χ0n) is 16.0. The van der Waals surface area contributed by atoms with E-state index in [1.807, 2.05) is 11.0 Å². The van der Waals surface area contributed by atoms with Gasteiger partial charge < -0.3 is 5.32 Å². The Hall–Kier alpha value is -2.75. The summed E-state index contributed by atoms with van der Waals surface area (Å²) < 4.78 is 40.1. The lowest BCUT2D eigenvalue weighted by molar-refractivity contribution is -0.138. The summed E-state index contributed by atoms with van der Waals surface area (Å²) in [4.78, 5) is 18.2. The van der Waals surface area contributed by atoms with Crippen molar-refractivity contribution in [1.29, 1.82) is 5.26 Å². The number of benzene rings is 1. The zero-order valence-corrected chi connectivity index (χ0v) is 16.8. The van der Waals surface area contributed by atoms with Crippen molar-refractivity contribution in [2.45, 2.75) is 25.6 Å². The van der Waals surface area contributed by atoms with E-state index in [1.165, 1.54) is 12.1 Å². The van der Waals surface area contributed by atoms with Gasteiger partial charge in [0.05, 0.1) is 28.6 Å². The molecule has 0 radical (unpaired) electrons. The van der Waals surface area contributed by atoms with Crippen molar-refractivity contribution in [3.8, 4) is 18.4 Å². The number of terminal acetylenes is 1. The maximum Gasteiger partial charge on any atom is 0.416 e. The molecule has 5 nitrogen and oxygen atoms in total. The van der Waals surface area contributed by atoms with E-state index in [0.29, 0.717) is 18.9 Å². The van der Waals surface area contributed by atoms with Gasteiger partial charge in [0, 0.05) is 6.54 Å². The maximum absolute atomic E-state index is 13.4. The average Bonchev–Trinajstić information content (AvgIpc) is 3.06. The number of likely N-dealkylation sites (tertiary alicyclic amines) is 1. The van der Waals surface area contributed by atoms with Gasteiger partial charge in [-0.2, -0.15) is 23.4 Å². The third-order valence-corrected chi connectivity index (χ3v) is 5.76. The summed E-state index contributed by atoms with van der Waals surface area (Å²) >= 11 is 1.05. The number of thioether (sulfide) groups is 1. The highest BCUT2D eigenvalue weighted by molar-refractivity contribution is 8.18. The zero-order chi connectivity index (χ0) is 21.7. The first-order valence-electron chi connectivity index (χ1n) is 9.32. The Morgan fingerprint density at radius 2 is 2.10 bits per heavy atom. The summed E-state index contributed by atoms with van der Waals surface area (Å²) in [6.45, 7) is 1.71. The minimum absolute atomic E-state index is 0.00377. The van der Waals surface area contributed by atoms with Crippen LogP contribution in [0.2, 0.25) is 0 Å². The van der Waals surface area contributed by atoms with Crippen LogP contribution in [0, 0.1) is 29.6 Å². The number of rotatable bonds is 4. The van der Waals surface area contributed by atoms with Crippen molar-refractivity contribution in [2.75, 3.05) is 19.6 Å². The number of nitriles is 1. The molecule has 0 atom stereocenters. The van der Waals surface area contributed by atoms with E-state index in [9.17, 15) is 18.0 Å². The molecule has 1 fully saturated rings. The molecule has 30 heavy (non-hydrogen) atoms. The van der Waals surface area contributed by atoms with E-state index in [2.05, 4.69) is 16.2 Å². The normalized spacial score (nSPS) is 19.4. The standard InChI is InChI=1S/C21H19F3N4OS/c1-2-7-26-19-18(30-20(29)27-19)11-14-5-8-28(9-6-14)13-16-4-3-15(12-25)10-17(16)21(22,23)24/h1,3-4,10-11,14H,5-9,13H2,(H,26,27,29). The number of amides is 1. The molecule has 0 unspecified atom stereocenters. The lowest BCUT2D eigenvalue weighted by Crippen LogP contribution is -2.33. The third kappa shape index (κ3) is 5.44. The first-order chi connectivity index (χ1) is 14.3. The van der Waals surface area contributed by atoms with Gasteiger partial charge in [0.2, 0.25) is 0 Å². The topological polar surface area (TPSA) is 68.5 Å². The second kappa shape index (κ2) is 9.38. The molecule has 1 saturated heterocycles. The summed E-state index contributed by atoms with van der Waals surface area (Å²) in [6, 6.07) is 5.47. The first-order valence-corrected chi connectivity index (χ1v) is 10.1. The molecule has 2 heterocycles. The van der Waals surface area contributed by atoms with E-state index in [-0.39, 0.29) is 35.4 Å². The number of allylic oxidation sites excluding steroid dienone is 1. The van der Waals surface area contributed by atoms with Crippen LogP contribution in [0.25, 0.3) is 0 Å². The number of carbonyl (C=O) groups excluding carboxylic acids is 1. The minimum atomic E-state index is -4.50. The molecule has 1 N–H and O–H groups in total. The number of amidine groups is 1. The monoisotopic (exact) mass is 432 g/mol. The number of nitrogens with zero attached hydrogens (tertiary/aromatic N) is 3. The van der Waals surface area contributed by atoms with E-state index >= 15 is 0 Å². The highest BCUT2D eigenvalue weighted by Gasteiger charge is 2.34. The molecular weight excluding hydrogens is 413 g/mol. The van der Waals surface area contributed by atoms with Crippen LogP contribution >= 0.6 is 11.8 Å². The van der Waals surface area contributed by atoms with Gasteiger partial charge in [-0.1, -0.05) is 18.1 Å². The number of nitrogens with one attached hydrogen (secondary N) is 1. The number of hydrogen-bond donors (Lipinski definition) is 1. The first kappa shape index (κ1) is 21.9. The van der Waals surface area contributed by atoms with Gasteiger partial charge in [-0.3, -0.25) is 9.69 Å². The molecule has 0 aromatic heterocycles. The Balaban J connectivity index is 1.63. The Morgan fingerprint density at radius 1 is 1.37 bits per heavy atom. The van der Waals surface area contributed by atoms with Crippen LogP contribution in [0.3, 0.4) is 0 Å². The van der Waals surface area contributed by atoms with Gasteiger partial charge in [0.15, 0.2) is 0 Å². The highest BCUT2D eigenvalue weighted by Crippen LogP contribution is 2.34. The van der Waals surface area contributed by atoms with Crippen molar-refractivity contribution in [1.82, 2.24) is 10.2 Å². The molecule has 0 bridgehead atoms. The number of aliphatic imine (C=N–C) groups is 1. The Kier molecular flexibility index (Phi) is 6.86. The third-order valence-electron chi connectivity index (χ3n) is 4.95. The highest BCUT2D eigenvalue weighted by atomic mass is 32.2. The van der Waals surface area contributed by atoms with Crippen LogP contribution in [0.4, 0.5) is 18.0 Å². The van der Waals surface area contributed by atoms with E-state index < -0.39 is 11.7 Å². The van der Waals surface area contributed by atoms with Crippen LogP contribution in [0.15, 0.2) is 34.2 Å². The molecule has 1 amide bonds. The second-order valence-electron chi connectivity index (χ2n) is 7.01. The predicted molar refractivity (Wildman–Crippen MR) is 110 cm³/mol. The van der Waals surface area contributed by atoms with Crippen molar-refractivity contribution in [3.05, 3.63) is 45.9 Å². The van der Waals surface area contributed by atoms with Crippen molar-refractivity contribution < 1.29 is 18.0 Å². The van der Waals surface area contributed by atoms with Crippen LogP contribution in [0.5, 0.6) is 0 Å². The van der Waals surface area contributed by atoms with E-state index in [1.54, 1.807) is 6.07 Å². The quantitative estimate of drug-likeness (QED) is 0.724. The van der Waals surface area contributed by atoms with Gasteiger partial charge in [0.25, 0.3) is 0 Å². The average molecular weight is 432 g/mol. The molecule has 2 aliphatic rings. The van der Waals surface area contributed by atoms with Crippen LogP contribution < -0.4 is 5.32 Å². The van der Waals surface area contributed by atoms with E-state index in [0.717, 1.165) is 35.6 Å². The molecule has 0 aliphatic carbocycles. The lowest BCUT2D eigenvalue weighted by atomic mass is 9.95. The Labute approximate surface area is 177 Å². The van der Waals surface area contributed by atoms with E-state index in [4.69, 9.17) is 11.7 Å². The second-order valence-corrected chi connectivity index (χ2v) is 8.01. The van der Waals surface area contributed by atoms with Crippen LogP contribution in [0.1, 0.15) is 29.5 Å². The molecule has 1 aromatic carbocycles. The van der Waals surface area contributed by atoms with Crippen LogP contribution in [-0.4, -0.2) is 35.6 Å². The molecule has 1 aromatic rings. The smallest absolute Gasteiger partial charge is 0.358 e. The fourth-order valence-corrected chi connectivity index (χ4v) is 4.27. The number of piperidine rings is 1. The van der Waals surface area contributed by atoms with Crippen molar-refractivity contribution >= 4 is 22.8 Å². The molecule has 3 rings (SSSR count). The lowest BCUT2D eigenvalue weighted by Gasteiger charge is -2.31.